The van der Waals surface area contributed by atoms with Crippen molar-refractivity contribution in [3.8, 4) is 11.6 Å². The Kier molecular flexibility index (Phi) is 9.08. The number of hydrogen-bond donors (Lipinski definition) is 2. The van der Waals surface area contributed by atoms with Crippen LogP contribution in [0, 0.1) is 6.92 Å². The summed E-state index contributed by atoms with van der Waals surface area (Å²) in [4.78, 5) is 36.2. The highest BCUT2D eigenvalue weighted by atomic mass is 16.6. The lowest BCUT2D eigenvalue weighted by molar-refractivity contribution is 0.0527. The van der Waals surface area contributed by atoms with E-state index in [-0.39, 0.29) is 24.0 Å². The topological polar surface area (TPSA) is 115 Å². The van der Waals surface area contributed by atoms with E-state index in [1.54, 1.807) is 27.9 Å². The fourth-order valence-electron chi connectivity index (χ4n) is 4.26. The first-order chi connectivity index (χ1) is 19.1. The number of carbonyl (C=O) groups is 2. The Morgan fingerprint density at radius 3 is 2.52 bits per heavy atom. The molecule has 3 aromatic rings. The van der Waals surface area contributed by atoms with Crippen molar-refractivity contribution in [2.45, 2.75) is 52.7 Å². The minimum absolute atomic E-state index is 0.200. The molecule has 0 fully saturated rings. The number of alkyl carbamates (subject to hydrolysis) is 1. The summed E-state index contributed by atoms with van der Waals surface area (Å²) < 4.78 is 16.5. The summed E-state index contributed by atoms with van der Waals surface area (Å²) in [5.74, 6) is 1.07. The zero-order valence-electron chi connectivity index (χ0n) is 23.7. The van der Waals surface area contributed by atoms with Gasteiger partial charge in [-0.05, 0) is 69.9 Å². The summed E-state index contributed by atoms with van der Waals surface area (Å²) >= 11 is 0. The van der Waals surface area contributed by atoms with Gasteiger partial charge in [-0.3, -0.25) is 4.79 Å². The number of nitrogens with zero attached hydrogens (tertiary/aromatic N) is 3. The smallest absolute Gasteiger partial charge is 0.407 e. The van der Waals surface area contributed by atoms with Gasteiger partial charge in [-0.1, -0.05) is 29.8 Å². The molecule has 0 bridgehead atoms. The number of benzene rings is 2. The lowest BCUT2D eigenvalue weighted by Gasteiger charge is -2.20. The average Bonchev–Trinajstić information content (AvgIpc) is 3.33. The summed E-state index contributed by atoms with van der Waals surface area (Å²) in [6, 6.07) is 13.8. The van der Waals surface area contributed by atoms with Gasteiger partial charge in [0.2, 0.25) is 11.8 Å². The molecule has 1 aliphatic heterocycles. The maximum absolute atomic E-state index is 13.1. The van der Waals surface area contributed by atoms with Gasteiger partial charge in [0.15, 0.2) is 0 Å². The van der Waals surface area contributed by atoms with E-state index in [1.165, 1.54) is 17.3 Å². The highest BCUT2D eigenvalue weighted by molar-refractivity contribution is 5.96. The first-order valence-corrected chi connectivity index (χ1v) is 13.4. The van der Waals surface area contributed by atoms with Crippen LogP contribution in [0.3, 0.4) is 0 Å². The van der Waals surface area contributed by atoms with Gasteiger partial charge in [-0.2, -0.15) is 4.98 Å². The normalized spacial score (nSPS) is 12.5. The Morgan fingerprint density at radius 1 is 1.05 bits per heavy atom. The van der Waals surface area contributed by atoms with Gasteiger partial charge < -0.3 is 29.7 Å². The van der Waals surface area contributed by atoms with Crippen molar-refractivity contribution >= 4 is 23.6 Å². The Hall–Kier alpha value is -4.34. The molecule has 40 heavy (non-hydrogen) atoms. The van der Waals surface area contributed by atoms with Crippen LogP contribution in [-0.2, 0) is 17.8 Å². The Labute approximate surface area is 235 Å². The first-order valence-electron chi connectivity index (χ1n) is 13.4. The molecule has 10 nitrogen and oxygen atoms in total. The molecule has 212 valence electrons. The zero-order chi connectivity index (χ0) is 28.7. The minimum atomic E-state index is -0.567. The van der Waals surface area contributed by atoms with Crippen molar-refractivity contribution in [3.05, 3.63) is 70.9 Å². The van der Waals surface area contributed by atoms with Crippen molar-refractivity contribution in [2.24, 2.45) is 0 Å². The third-order valence-corrected chi connectivity index (χ3v) is 6.20. The van der Waals surface area contributed by atoms with Gasteiger partial charge in [0.05, 0.1) is 7.11 Å². The molecule has 2 amide bonds. The molecule has 0 aliphatic carbocycles. The molecule has 0 atom stereocenters. The standard InChI is InChI=1S/C30H37N5O5/c1-20-7-12-25-22(17-20)13-16-35(25)28-33-18-24(26(36)31-14-6-15-32-29(37)40-30(2,3)4)27(34-28)39-19-21-8-10-23(38-5)11-9-21/h7-12,17-18H,6,13-16,19H2,1-5H3,(H,31,36)(H,32,37). The lowest BCUT2D eigenvalue weighted by Crippen LogP contribution is -2.34. The number of methoxy groups -OCH3 is 1. The Bertz CT molecular complexity index is 1340. The molecule has 0 saturated heterocycles. The summed E-state index contributed by atoms with van der Waals surface area (Å²) in [7, 11) is 1.62. The van der Waals surface area contributed by atoms with E-state index in [2.05, 4.69) is 45.7 Å². The first kappa shape index (κ1) is 28.7. The minimum Gasteiger partial charge on any atom is -0.497 e. The molecule has 10 heteroatoms. The zero-order valence-corrected chi connectivity index (χ0v) is 23.7. The van der Waals surface area contributed by atoms with E-state index in [0.29, 0.717) is 25.5 Å². The second-order valence-electron chi connectivity index (χ2n) is 10.6. The van der Waals surface area contributed by atoms with Crippen LogP contribution < -0.4 is 25.0 Å². The Balaban J connectivity index is 1.45. The summed E-state index contributed by atoms with van der Waals surface area (Å²) in [5.41, 5.74) is 4.08. The van der Waals surface area contributed by atoms with Crippen molar-refractivity contribution in [1.82, 2.24) is 20.6 Å². The molecular weight excluding hydrogens is 510 g/mol. The van der Waals surface area contributed by atoms with Crippen LogP contribution in [0.2, 0.25) is 0 Å². The number of carbonyl (C=O) groups excluding carboxylic acids is 2. The predicted molar refractivity (Wildman–Crippen MR) is 152 cm³/mol. The Morgan fingerprint density at radius 2 is 1.80 bits per heavy atom. The molecule has 2 N–H and O–H groups in total. The van der Waals surface area contributed by atoms with Crippen LogP contribution >= 0.6 is 0 Å². The van der Waals surface area contributed by atoms with Crippen LogP contribution in [0.5, 0.6) is 11.6 Å². The van der Waals surface area contributed by atoms with Gasteiger partial charge in [-0.15, -0.1) is 0 Å². The van der Waals surface area contributed by atoms with Gasteiger partial charge in [0.1, 0.15) is 23.5 Å². The van der Waals surface area contributed by atoms with Gasteiger partial charge >= 0.3 is 6.09 Å². The summed E-state index contributed by atoms with van der Waals surface area (Å²) in [5, 5.41) is 5.55. The quantitative estimate of drug-likeness (QED) is 0.351. The van der Waals surface area contributed by atoms with Crippen LogP contribution in [0.15, 0.2) is 48.7 Å². The van der Waals surface area contributed by atoms with Crippen LogP contribution in [-0.4, -0.2) is 54.3 Å². The van der Waals surface area contributed by atoms with Crippen LogP contribution in [0.4, 0.5) is 16.4 Å². The second kappa shape index (κ2) is 12.7. The SMILES string of the molecule is COc1ccc(COc2nc(N3CCc4cc(C)ccc43)ncc2C(=O)NCCCNC(=O)OC(C)(C)C)cc1. The lowest BCUT2D eigenvalue weighted by atomic mass is 10.1. The number of fused-ring (bicyclic) bond motifs is 1. The van der Waals surface area contributed by atoms with Crippen LogP contribution in [0.1, 0.15) is 54.2 Å². The van der Waals surface area contributed by atoms with Gasteiger partial charge in [0.25, 0.3) is 5.91 Å². The molecule has 0 radical (unpaired) electrons. The van der Waals surface area contributed by atoms with E-state index in [9.17, 15) is 9.59 Å². The fraction of sp³-hybridized carbons (Fsp3) is 0.400. The highest BCUT2D eigenvalue weighted by Gasteiger charge is 2.25. The predicted octanol–water partition coefficient (Wildman–Crippen LogP) is 4.71. The number of ether oxygens (including phenoxy) is 3. The van der Waals surface area contributed by atoms with Crippen molar-refractivity contribution in [3.63, 3.8) is 0 Å². The number of amides is 2. The van der Waals surface area contributed by atoms with E-state index in [0.717, 1.165) is 30.0 Å². The molecule has 2 heterocycles. The average molecular weight is 548 g/mol. The molecule has 0 spiro atoms. The van der Waals surface area contributed by atoms with Gasteiger partial charge in [-0.25, -0.2) is 9.78 Å². The fourth-order valence-corrected chi connectivity index (χ4v) is 4.26. The van der Waals surface area contributed by atoms with E-state index in [1.807, 2.05) is 29.2 Å². The van der Waals surface area contributed by atoms with E-state index < -0.39 is 11.7 Å². The molecular formula is C30H37N5O5. The number of hydrogen-bond acceptors (Lipinski definition) is 8. The van der Waals surface area contributed by atoms with Crippen molar-refractivity contribution < 1.29 is 23.8 Å². The summed E-state index contributed by atoms with van der Waals surface area (Å²) in [6.07, 6.45) is 2.43. The maximum Gasteiger partial charge on any atom is 0.407 e. The number of aryl methyl sites for hydroxylation is 1. The molecule has 0 saturated carbocycles. The third-order valence-electron chi connectivity index (χ3n) is 6.20. The van der Waals surface area contributed by atoms with Crippen molar-refractivity contribution in [2.75, 3.05) is 31.6 Å². The molecule has 1 aromatic heterocycles. The van der Waals surface area contributed by atoms with Crippen LogP contribution in [0.25, 0.3) is 0 Å². The van der Waals surface area contributed by atoms with E-state index in [4.69, 9.17) is 14.2 Å². The highest BCUT2D eigenvalue weighted by Crippen LogP contribution is 2.34. The maximum atomic E-state index is 13.1. The second-order valence-corrected chi connectivity index (χ2v) is 10.6. The van der Waals surface area contributed by atoms with E-state index >= 15 is 0 Å². The number of rotatable bonds is 10. The molecule has 2 aromatic carbocycles. The monoisotopic (exact) mass is 547 g/mol. The largest absolute Gasteiger partial charge is 0.497 e. The van der Waals surface area contributed by atoms with Crippen molar-refractivity contribution in [1.29, 1.82) is 0 Å². The molecule has 1 aliphatic rings. The molecule has 0 unspecified atom stereocenters. The number of nitrogens with one attached hydrogen (secondary N) is 2. The molecule has 4 rings (SSSR count). The third kappa shape index (κ3) is 7.62. The number of aromatic nitrogens is 2. The van der Waals surface area contributed by atoms with Gasteiger partial charge in [0, 0.05) is 31.5 Å². The summed E-state index contributed by atoms with van der Waals surface area (Å²) in [6.45, 7) is 9.15. The number of anilines is 2.